The molecular formula is C13H20BrClN2. The van der Waals surface area contributed by atoms with Crippen molar-refractivity contribution in [2.45, 2.75) is 45.4 Å². The Morgan fingerprint density at radius 2 is 1.94 bits per heavy atom. The Kier molecular flexibility index (Phi) is 7.62. The summed E-state index contributed by atoms with van der Waals surface area (Å²) in [6, 6.07) is 1.86. The number of nitrogens with zero attached hydrogens (tertiary/aromatic N) is 1. The molecule has 17 heavy (non-hydrogen) atoms. The zero-order valence-electron chi connectivity index (χ0n) is 10.3. The van der Waals surface area contributed by atoms with E-state index in [0.29, 0.717) is 5.02 Å². The standard InChI is InChI=1S/C13H20BrClN2/c1-2-3-4-5-6-7-8-16-13-12(15)9-11(14)10-17-13/h9-10H,2-8H2,1H3,(H,16,17). The number of anilines is 1. The number of hydrogen-bond acceptors (Lipinski definition) is 2. The quantitative estimate of drug-likeness (QED) is 0.660. The van der Waals surface area contributed by atoms with Gasteiger partial charge in [0.2, 0.25) is 0 Å². The first-order chi connectivity index (χ1) is 8.24. The summed E-state index contributed by atoms with van der Waals surface area (Å²) in [6.45, 7) is 3.18. The number of halogens is 2. The van der Waals surface area contributed by atoms with Crippen LogP contribution < -0.4 is 5.32 Å². The number of pyridine rings is 1. The van der Waals surface area contributed by atoms with Crippen molar-refractivity contribution < 1.29 is 0 Å². The normalized spacial score (nSPS) is 10.5. The highest BCUT2D eigenvalue weighted by Crippen LogP contribution is 2.22. The van der Waals surface area contributed by atoms with E-state index in [1.807, 2.05) is 6.07 Å². The van der Waals surface area contributed by atoms with E-state index in [1.165, 1.54) is 38.5 Å². The van der Waals surface area contributed by atoms with Gasteiger partial charge in [0.1, 0.15) is 5.82 Å². The average molecular weight is 320 g/mol. The van der Waals surface area contributed by atoms with Gasteiger partial charge < -0.3 is 5.32 Å². The van der Waals surface area contributed by atoms with Gasteiger partial charge in [0.05, 0.1) is 5.02 Å². The summed E-state index contributed by atoms with van der Waals surface area (Å²) in [6.07, 6.45) is 9.56. The zero-order valence-corrected chi connectivity index (χ0v) is 12.6. The Morgan fingerprint density at radius 1 is 1.24 bits per heavy atom. The summed E-state index contributed by atoms with van der Waals surface area (Å²) in [4.78, 5) is 4.24. The molecule has 1 rings (SSSR count). The first kappa shape index (κ1) is 14.8. The molecular weight excluding hydrogens is 300 g/mol. The molecule has 0 aliphatic heterocycles. The number of nitrogens with one attached hydrogen (secondary N) is 1. The topological polar surface area (TPSA) is 24.9 Å². The first-order valence-corrected chi connectivity index (χ1v) is 7.46. The van der Waals surface area contributed by atoms with Gasteiger partial charge in [-0.05, 0) is 28.4 Å². The maximum Gasteiger partial charge on any atom is 0.144 e. The van der Waals surface area contributed by atoms with E-state index in [4.69, 9.17) is 11.6 Å². The maximum absolute atomic E-state index is 6.06. The van der Waals surface area contributed by atoms with Gasteiger partial charge >= 0.3 is 0 Å². The van der Waals surface area contributed by atoms with Crippen LogP contribution in [0, 0.1) is 0 Å². The van der Waals surface area contributed by atoms with Gasteiger partial charge in [0.25, 0.3) is 0 Å². The van der Waals surface area contributed by atoms with Crippen molar-refractivity contribution in [2.24, 2.45) is 0 Å². The summed E-state index contributed by atoms with van der Waals surface area (Å²) in [5.74, 6) is 0.781. The smallest absolute Gasteiger partial charge is 0.144 e. The van der Waals surface area contributed by atoms with Crippen molar-refractivity contribution in [3.05, 3.63) is 21.8 Å². The lowest BCUT2D eigenvalue weighted by Gasteiger charge is -2.07. The van der Waals surface area contributed by atoms with Crippen LogP contribution in [0.4, 0.5) is 5.82 Å². The Labute approximate surface area is 117 Å². The lowest BCUT2D eigenvalue weighted by atomic mass is 10.1. The molecule has 4 heteroatoms. The fourth-order valence-corrected chi connectivity index (χ4v) is 2.35. The molecule has 0 unspecified atom stereocenters. The molecule has 0 aliphatic rings. The fourth-order valence-electron chi connectivity index (χ4n) is 1.66. The van der Waals surface area contributed by atoms with Gasteiger partial charge in [-0.25, -0.2) is 4.98 Å². The minimum atomic E-state index is 0.672. The monoisotopic (exact) mass is 318 g/mol. The molecule has 0 saturated carbocycles. The van der Waals surface area contributed by atoms with E-state index in [-0.39, 0.29) is 0 Å². The summed E-state index contributed by atoms with van der Waals surface area (Å²) in [5.41, 5.74) is 0. The van der Waals surface area contributed by atoms with Gasteiger partial charge in [-0.15, -0.1) is 0 Å². The van der Waals surface area contributed by atoms with Crippen LogP contribution in [0.1, 0.15) is 45.4 Å². The molecule has 0 atom stereocenters. The lowest BCUT2D eigenvalue weighted by molar-refractivity contribution is 0.617. The van der Waals surface area contributed by atoms with Crippen molar-refractivity contribution >= 4 is 33.3 Å². The predicted molar refractivity (Wildman–Crippen MR) is 78.8 cm³/mol. The van der Waals surface area contributed by atoms with Crippen LogP contribution in [0.5, 0.6) is 0 Å². The number of rotatable bonds is 8. The molecule has 0 radical (unpaired) electrons. The molecule has 1 aromatic heterocycles. The van der Waals surface area contributed by atoms with E-state index in [2.05, 4.69) is 33.2 Å². The highest BCUT2D eigenvalue weighted by molar-refractivity contribution is 9.10. The van der Waals surface area contributed by atoms with Gasteiger partial charge in [0, 0.05) is 17.2 Å². The van der Waals surface area contributed by atoms with E-state index < -0.39 is 0 Å². The molecule has 1 aromatic rings. The molecule has 0 aromatic carbocycles. The molecule has 1 N–H and O–H groups in total. The van der Waals surface area contributed by atoms with Crippen molar-refractivity contribution in [2.75, 3.05) is 11.9 Å². The molecule has 1 heterocycles. The zero-order chi connectivity index (χ0) is 12.5. The van der Waals surface area contributed by atoms with Gasteiger partial charge in [-0.1, -0.05) is 50.6 Å². The van der Waals surface area contributed by atoms with Crippen LogP contribution in [0.25, 0.3) is 0 Å². The molecule has 0 fully saturated rings. The SMILES string of the molecule is CCCCCCCCNc1ncc(Br)cc1Cl. The van der Waals surface area contributed by atoms with E-state index in [0.717, 1.165) is 16.8 Å². The third kappa shape index (κ3) is 6.27. The van der Waals surface area contributed by atoms with Crippen molar-refractivity contribution in [3.8, 4) is 0 Å². The fraction of sp³-hybridized carbons (Fsp3) is 0.615. The third-order valence-corrected chi connectivity index (χ3v) is 3.35. The third-order valence-electron chi connectivity index (χ3n) is 2.63. The Morgan fingerprint density at radius 3 is 2.65 bits per heavy atom. The van der Waals surface area contributed by atoms with Crippen molar-refractivity contribution in [3.63, 3.8) is 0 Å². The second-order valence-corrected chi connectivity index (χ2v) is 5.50. The molecule has 2 nitrogen and oxygen atoms in total. The molecule has 0 aliphatic carbocycles. The Hall–Kier alpha value is -0.280. The molecule has 0 amide bonds. The van der Waals surface area contributed by atoms with Gasteiger partial charge in [-0.3, -0.25) is 0 Å². The Bertz CT molecular complexity index is 331. The van der Waals surface area contributed by atoms with E-state index in [9.17, 15) is 0 Å². The summed E-state index contributed by atoms with van der Waals surface area (Å²) < 4.78 is 0.910. The van der Waals surface area contributed by atoms with Crippen molar-refractivity contribution in [1.29, 1.82) is 0 Å². The van der Waals surface area contributed by atoms with E-state index in [1.54, 1.807) is 6.20 Å². The molecule has 0 saturated heterocycles. The first-order valence-electron chi connectivity index (χ1n) is 6.29. The van der Waals surface area contributed by atoms with Crippen LogP contribution in [0.2, 0.25) is 5.02 Å². The average Bonchev–Trinajstić information content (AvgIpc) is 2.30. The summed E-state index contributed by atoms with van der Waals surface area (Å²) >= 11 is 9.39. The van der Waals surface area contributed by atoms with Crippen LogP contribution >= 0.6 is 27.5 Å². The molecule has 0 spiro atoms. The Balaban J connectivity index is 2.14. The molecule has 96 valence electrons. The number of aromatic nitrogens is 1. The minimum Gasteiger partial charge on any atom is -0.369 e. The minimum absolute atomic E-state index is 0.672. The summed E-state index contributed by atoms with van der Waals surface area (Å²) in [7, 11) is 0. The predicted octanol–water partition coefficient (Wildman–Crippen LogP) is 5.27. The van der Waals surface area contributed by atoms with Crippen LogP contribution in [-0.4, -0.2) is 11.5 Å². The van der Waals surface area contributed by atoms with Crippen LogP contribution in [0.3, 0.4) is 0 Å². The second-order valence-electron chi connectivity index (χ2n) is 4.18. The summed E-state index contributed by atoms with van der Waals surface area (Å²) in [5, 5.41) is 3.94. The lowest BCUT2D eigenvalue weighted by Crippen LogP contribution is -2.03. The largest absolute Gasteiger partial charge is 0.369 e. The number of hydrogen-bond donors (Lipinski definition) is 1. The van der Waals surface area contributed by atoms with Crippen LogP contribution in [0.15, 0.2) is 16.7 Å². The van der Waals surface area contributed by atoms with Crippen LogP contribution in [-0.2, 0) is 0 Å². The second kappa shape index (κ2) is 8.76. The number of unbranched alkanes of at least 4 members (excludes halogenated alkanes) is 5. The van der Waals surface area contributed by atoms with Gasteiger partial charge in [0.15, 0.2) is 0 Å². The molecule has 0 bridgehead atoms. The highest BCUT2D eigenvalue weighted by Gasteiger charge is 2.01. The maximum atomic E-state index is 6.06. The van der Waals surface area contributed by atoms with E-state index >= 15 is 0 Å². The van der Waals surface area contributed by atoms with Gasteiger partial charge in [-0.2, -0.15) is 0 Å². The van der Waals surface area contributed by atoms with Crippen molar-refractivity contribution in [1.82, 2.24) is 4.98 Å². The highest BCUT2D eigenvalue weighted by atomic mass is 79.9.